The number of carbonyl (C=O) groups is 2. The van der Waals surface area contributed by atoms with Crippen LogP contribution in [0.4, 0.5) is 9.80 Å². The highest BCUT2D eigenvalue weighted by Crippen LogP contribution is 2.39. The number of alkyl carbamates (subject to hydrolysis) is 1. The molecule has 3 aromatic heterocycles. The van der Waals surface area contributed by atoms with Crippen molar-refractivity contribution in [3.05, 3.63) is 61.9 Å². The van der Waals surface area contributed by atoms with Gasteiger partial charge in [-0.25, -0.2) is 4.79 Å². The van der Waals surface area contributed by atoms with Crippen molar-refractivity contribution in [2.75, 3.05) is 11.9 Å². The molecule has 0 saturated carbocycles. The van der Waals surface area contributed by atoms with E-state index in [1.165, 1.54) is 17.4 Å². The van der Waals surface area contributed by atoms with Crippen LogP contribution >= 0.6 is 22.7 Å². The molecular weight excluding hydrogens is 470 g/mol. The number of ether oxygens (including phenoxy) is 1. The first-order valence-corrected chi connectivity index (χ1v) is 12.6. The lowest BCUT2D eigenvalue weighted by Gasteiger charge is -2.21. The van der Waals surface area contributed by atoms with E-state index in [2.05, 4.69) is 21.8 Å². The van der Waals surface area contributed by atoms with E-state index in [4.69, 9.17) is 4.74 Å². The van der Waals surface area contributed by atoms with Crippen LogP contribution in [0.2, 0.25) is 0 Å². The van der Waals surface area contributed by atoms with E-state index in [0.29, 0.717) is 30.1 Å². The maximum absolute atomic E-state index is 12.3. The van der Waals surface area contributed by atoms with Gasteiger partial charge in [0.25, 0.3) is 0 Å². The van der Waals surface area contributed by atoms with E-state index in [0.717, 1.165) is 40.2 Å². The lowest BCUT2D eigenvalue weighted by atomic mass is 9.88. The second-order valence-corrected chi connectivity index (χ2v) is 10.0. The number of nitriles is 1. The van der Waals surface area contributed by atoms with E-state index in [9.17, 15) is 14.9 Å². The normalized spacial score (nSPS) is 15.0. The molecule has 3 heterocycles. The molecule has 1 atom stereocenters. The zero-order valence-electron chi connectivity index (χ0n) is 19.0. The lowest BCUT2D eigenvalue weighted by molar-refractivity contribution is -0.111. The maximum atomic E-state index is 12.3. The first-order valence-electron chi connectivity index (χ1n) is 10.9. The van der Waals surface area contributed by atoms with Crippen LogP contribution in [0.3, 0.4) is 0 Å². The quantitative estimate of drug-likeness (QED) is 0.472. The Morgan fingerprint density at radius 3 is 3.00 bits per heavy atom. The van der Waals surface area contributed by atoms with Gasteiger partial charge >= 0.3 is 6.09 Å². The summed E-state index contributed by atoms with van der Waals surface area (Å²) in [7, 11) is 1.84. The highest BCUT2D eigenvalue weighted by molar-refractivity contribution is 7.16. The summed E-state index contributed by atoms with van der Waals surface area (Å²) in [5.41, 5.74) is 4.30. The highest BCUT2D eigenvalue weighted by atomic mass is 32.1. The number of amides is 2. The molecule has 0 radical (unpaired) electrons. The maximum Gasteiger partial charge on any atom is 0.407 e. The van der Waals surface area contributed by atoms with Crippen molar-refractivity contribution in [1.29, 1.82) is 5.26 Å². The zero-order valence-corrected chi connectivity index (χ0v) is 20.6. The van der Waals surface area contributed by atoms with Gasteiger partial charge < -0.3 is 15.4 Å². The van der Waals surface area contributed by atoms with Crippen LogP contribution in [0.5, 0.6) is 0 Å². The fourth-order valence-corrected chi connectivity index (χ4v) is 5.88. The molecule has 0 spiro atoms. The van der Waals surface area contributed by atoms with Crippen LogP contribution in [0.1, 0.15) is 39.4 Å². The first-order chi connectivity index (χ1) is 16.4. The van der Waals surface area contributed by atoms with E-state index in [1.54, 1.807) is 22.1 Å². The third-order valence-corrected chi connectivity index (χ3v) is 7.52. The molecule has 8 nitrogen and oxygen atoms in total. The average Bonchev–Trinajstić information content (AvgIpc) is 3.53. The SMILES string of the molecule is Cc1cc(CNC(=O)OCC2CCc3c(sc(NC(=O)C=Cc4ccsc4)c3C#N)C2)n(C)n1. The monoisotopic (exact) mass is 495 g/mol. The number of carbonyl (C=O) groups excluding carboxylic acids is 2. The van der Waals surface area contributed by atoms with Crippen LogP contribution in [-0.2, 0) is 36.0 Å². The summed E-state index contributed by atoms with van der Waals surface area (Å²) in [4.78, 5) is 25.6. The number of thiophene rings is 2. The summed E-state index contributed by atoms with van der Waals surface area (Å²) < 4.78 is 7.17. The van der Waals surface area contributed by atoms with E-state index >= 15 is 0 Å². The molecule has 0 saturated heterocycles. The van der Waals surface area contributed by atoms with Gasteiger partial charge in [-0.1, -0.05) is 0 Å². The number of hydrogen-bond acceptors (Lipinski definition) is 7. The fraction of sp³-hybridized carbons (Fsp3) is 0.333. The molecular formula is C24H25N5O3S2. The van der Waals surface area contributed by atoms with Crippen molar-refractivity contribution >= 4 is 45.8 Å². The number of hydrogen-bond donors (Lipinski definition) is 2. The van der Waals surface area contributed by atoms with Crippen LogP contribution in [-0.4, -0.2) is 28.4 Å². The summed E-state index contributed by atoms with van der Waals surface area (Å²) in [6.45, 7) is 2.56. The van der Waals surface area contributed by atoms with Crippen LogP contribution < -0.4 is 10.6 Å². The molecule has 2 amide bonds. The number of rotatable bonds is 7. The Hall–Kier alpha value is -3.42. The number of anilines is 1. The molecule has 1 aliphatic carbocycles. The number of aryl methyl sites for hydroxylation is 2. The lowest BCUT2D eigenvalue weighted by Crippen LogP contribution is -2.28. The van der Waals surface area contributed by atoms with Crippen LogP contribution in [0.15, 0.2) is 29.0 Å². The molecule has 10 heteroatoms. The van der Waals surface area contributed by atoms with E-state index < -0.39 is 6.09 Å². The third-order valence-electron chi connectivity index (χ3n) is 5.65. The van der Waals surface area contributed by atoms with Gasteiger partial charge in [-0.3, -0.25) is 9.48 Å². The smallest absolute Gasteiger partial charge is 0.407 e. The largest absolute Gasteiger partial charge is 0.449 e. The number of fused-ring (bicyclic) bond motifs is 1. The molecule has 34 heavy (non-hydrogen) atoms. The zero-order chi connectivity index (χ0) is 24.1. The molecule has 176 valence electrons. The molecule has 4 rings (SSSR count). The third kappa shape index (κ3) is 5.73. The van der Waals surface area contributed by atoms with Gasteiger partial charge in [-0.2, -0.15) is 21.7 Å². The van der Waals surface area contributed by atoms with Crippen molar-refractivity contribution < 1.29 is 14.3 Å². The molecule has 3 aromatic rings. The second-order valence-electron chi connectivity index (χ2n) is 8.16. The predicted octanol–water partition coefficient (Wildman–Crippen LogP) is 4.41. The Bertz CT molecular complexity index is 1250. The molecule has 0 bridgehead atoms. The minimum atomic E-state index is -0.459. The predicted molar refractivity (Wildman–Crippen MR) is 133 cm³/mol. The molecule has 0 aliphatic heterocycles. The Balaban J connectivity index is 1.31. The average molecular weight is 496 g/mol. The molecule has 0 aromatic carbocycles. The molecule has 1 aliphatic rings. The summed E-state index contributed by atoms with van der Waals surface area (Å²) in [5, 5.41) is 24.0. The Kier molecular flexibility index (Phi) is 7.45. The number of aromatic nitrogens is 2. The van der Waals surface area contributed by atoms with Crippen LogP contribution in [0, 0.1) is 24.2 Å². The summed E-state index contributed by atoms with van der Waals surface area (Å²) in [6, 6.07) is 6.10. The Labute approximate surface area is 205 Å². The van der Waals surface area contributed by atoms with Crippen molar-refractivity contribution in [3.8, 4) is 6.07 Å². The van der Waals surface area contributed by atoms with Gasteiger partial charge in [-0.05, 0) is 72.2 Å². The first kappa shape index (κ1) is 23.7. The summed E-state index contributed by atoms with van der Waals surface area (Å²) in [5.74, 6) is -0.0918. The van der Waals surface area contributed by atoms with Crippen molar-refractivity contribution in [2.45, 2.75) is 32.7 Å². The van der Waals surface area contributed by atoms with E-state index in [1.807, 2.05) is 36.9 Å². The topological polar surface area (TPSA) is 109 Å². The number of nitrogens with zero attached hydrogens (tertiary/aromatic N) is 3. The van der Waals surface area contributed by atoms with Gasteiger partial charge in [-0.15, -0.1) is 11.3 Å². The number of nitrogens with one attached hydrogen (secondary N) is 2. The van der Waals surface area contributed by atoms with Crippen molar-refractivity contribution in [2.24, 2.45) is 13.0 Å². The molecule has 2 N–H and O–H groups in total. The van der Waals surface area contributed by atoms with Gasteiger partial charge in [0.2, 0.25) is 5.91 Å². The Morgan fingerprint density at radius 1 is 1.44 bits per heavy atom. The highest BCUT2D eigenvalue weighted by Gasteiger charge is 2.27. The Morgan fingerprint density at radius 2 is 2.29 bits per heavy atom. The van der Waals surface area contributed by atoms with Crippen LogP contribution in [0.25, 0.3) is 6.08 Å². The van der Waals surface area contributed by atoms with Gasteiger partial charge in [0.05, 0.1) is 30.1 Å². The van der Waals surface area contributed by atoms with Gasteiger partial charge in [0.15, 0.2) is 0 Å². The van der Waals surface area contributed by atoms with Crippen molar-refractivity contribution in [3.63, 3.8) is 0 Å². The minimum absolute atomic E-state index is 0.171. The van der Waals surface area contributed by atoms with Crippen molar-refractivity contribution in [1.82, 2.24) is 15.1 Å². The standard InChI is InChI=1S/C24H25N5O3S2/c1-15-9-18(29(2)28-15)12-26-24(31)32-13-17-3-5-19-20(11-25)23(34-21(19)10-17)27-22(30)6-4-16-7-8-33-14-16/h4,6-9,14,17H,3,5,10,12-13H2,1-2H3,(H,26,31)(H,27,30). The minimum Gasteiger partial charge on any atom is -0.449 e. The fourth-order valence-electron chi connectivity index (χ4n) is 3.94. The van der Waals surface area contributed by atoms with E-state index in [-0.39, 0.29) is 11.8 Å². The molecule has 1 unspecified atom stereocenters. The second kappa shape index (κ2) is 10.7. The summed E-state index contributed by atoms with van der Waals surface area (Å²) >= 11 is 3.00. The summed E-state index contributed by atoms with van der Waals surface area (Å²) in [6.07, 6.45) is 5.02. The van der Waals surface area contributed by atoms with Gasteiger partial charge in [0.1, 0.15) is 11.1 Å². The molecule has 0 fully saturated rings. The van der Waals surface area contributed by atoms with Gasteiger partial charge in [0, 0.05) is 18.0 Å².